The van der Waals surface area contributed by atoms with Crippen molar-refractivity contribution in [2.75, 3.05) is 0 Å². The zero-order valence-corrected chi connectivity index (χ0v) is 12.1. The molecule has 0 bridgehead atoms. The van der Waals surface area contributed by atoms with Gasteiger partial charge in [-0.2, -0.15) is 5.10 Å². The molecule has 1 atom stereocenters. The monoisotopic (exact) mass is 269 g/mol. The van der Waals surface area contributed by atoms with E-state index in [-0.39, 0.29) is 0 Å². The summed E-state index contributed by atoms with van der Waals surface area (Å²) in [5, 5.41) is 7.92. The minimum atomic E-state index is 0.628. The molecule has 1 fully saturated rings. The molecule has 1 aliphatic carbocycles. The van der Waals surface area contributed by atoms with E-state index in [0.29, 0.717) is 6.04 Å². The van der Waals surface area contributed by atoms with Crippen molar-refractivity contribution in [3.05, 3.63) is 48.3 Å². The molecule has 0 spiro atoms. The summed E-state index contributed by atoms with van der Waals surface area (Å²) in [7, 11) is 0. The lowest BCUT2D eigenvalue weighted by molar-refractivity contribution is 0.380. The van der Waals surface area contributed by atoms with E-state index in [1.54, 1.807) is 6.20 Å². The van der Waals surface area contributed by atoms with E-state index >= 15 is 0 Å². The summed E-state index contributed by atoms with van der Waals surface area (Å²) in [6.45, 7) is 3.28. The van der Waals surface area contributed by atoms with Crippen molar-refractivity contribution in [2.45, 2.75) is 45.2 Å². The molecule has 3 nitrogen and oxygen atoms in total. The topological polar surface area (TPSA) is 29.9 Å². The second-order valence-corrected chi connectivity index (χ2v) is 5.83. The summed E-state index contributed by atoms with van der Waals surface area (Å²) in [5.41, 5.74) is 2.45. The zero-order chi connectivity index (χ0) is 13.8. The third-order valence-electron chi connectivity index (χ3n) is 4.44. The minimum absolute atomic E-state index is 0.628. The average Bonchev–Trinajstić information content (AvgIpc) is 3.18. The van der Waals surface area contributed by atoms with Crippen LogP contribution in [0.15, 0.2) is 42.7 Å². The molecule has 1 N–H and O–H groups in total. The van der Waals surface area contributed by atoms with Gasteiger partial charge >= 0.3 is 0 Å². The molecule has 106 valence electrons. The van der Waals surface area contributed by atoms with Crippen molar-refractivity contribution in [3.63, 3.8) is 0 Å². The van der Waals surface area contributed by atoms with Gasteiger partial charge in [-0.1, -0.05) is 25.0 Å². The van der Waals surface area contributed by atoms with Crippen molar-refractivity contribution < 1.29 is 0 Å². The van der Waals surface area contributed by atoms with Gasteiger partial charge in [-0.25, -0.2) is 4.68 Å². The lowest BCUT2D eigenvalue weighted by atomic mass is 9.99. The molecule has 1 heterocycles. The van der Waals surface area contributed by atoms with Crippen LogP contribution in [0.5, 0.6) is 0 Å². The Balaban J connectivity index is 1.55. The van der Waals surface area contributed by atoms with Crippen molar-refractivity contribution in [1.29, 1.82) is 0 Å². The number of nitrogens with zero attached hydrogens (tertiary/aromatic N) is 2. The molecule has 0 unspecified atom stereocenters. The number of nitrogens with one attached hydrogen (secondary N) is 1. The van der Waals surface area contributed by atoms with Crippen LogP contribution in [0.1, 0.15) is 38.2 Å². The van der Waals surface area contributed by atoms with E-state index in [4.69, 9.17) is 0 Å². The van der Waals surface area contributed by atoms with Crippen molar-refractivity contribution in [1.82, 2.24) is 15.1 Å². The summed E-state index contributed by atoms with van der Waals surface area (Å²) in [6, 6.07) is 11.2. The summed E-state index contributed by atoms with van der Waals surface area (Å²) in [4.78, 5) is 0. The van der Waals surface area contributed by atoms with Gasteiger partial charge in [-0.15, -0.1) is 0 Å². The van der Waals surface area contributed by atoms with Crippen molar-refractivity contribution >= 4 is 0 Å². The molecule has 0 amide bonds. The highest BCUT2D eigenvalue weighted by Crippen LogP contribution is 2.27. The van der Waals surface area contributed by atoms with Crippen LogP contribution in [0.4, 0.5) is 0 Å². The summed E-state index contributed by atoms with van der Waals surface area (Å²) in [6.07, 6.45) is 9.39. The fourth-order valence-electron chi connectivity index (χ4n) is 3.09. The van der Waals surface area contributed by atoms with Crippen LogP contribution in [0.2, 0.25) is 0 Å². The van der Waals surface area contributed by atoms with Gasteiger partial charge in [0.2, 0.25) is 0 Å². The second kappa shape index (κ2) is 6.23. The second-order valence-electron chi connectivity index (χ2n) is 5.83. The van der Waals surface area contributed by atoms with Gasteiger partial charge in [-0.3, -0.25) is 0 Å². The Bertz CT molecular complexity index is 510. The maximum absolute atomic E-state index is 4.24. The first kappa shape index (κ1) is 13.4. The van der Waals surface area contributed by atoms with Gasteiger partial charge < -0.3 is 5.32 Å². The third-order valence-corrected chi connectivity index (χ3v) is 4.44. The Morgan fingerprint density at radius 1 is 1.25 bits per heavy atom. The molecule has 1 saturated carbocycles. The van der Waals surface area contributed by atoms with Crippen LogP contribution in [-0.2, 0) is 6.54 Å². The maximum Gasteiger partial charge on any atom is 0.0645 e. The Labute approximate surface area is 121 Å². The van der Waals surface area contributed by atoms with Crippen LogP contribution < -0.4 is 5.32 Å². The van der Waals surface area contributed by atoms with E-state index in [9.17, 15) is 0 Å². The van der Waals surface area contributed by atoms with Gasteiger partial charge in [0.25, 0.3) is 0 Å². The Morgan fingerprint density at radius 2 is 2.00 bits per heavy atom. The predicted octanol–water partition coefficient (Wildman–Crippen LogP) is 3.54. The van der Waals surface area contributed by atoms with Gasteiger partial charge in [0.1, 0.15) is 0 Å². The number of hydrogen-bond donors (Lipinski definition) is 1. The van der Waals surface area contributed by atoms with Crippen LogP contribution in [0.25, 0.3) is 5.69 Å². The molecule has 0 saturated heterocycles. The Hall–Kier alpha value is -1.61. The first-order valence-corrected chi connectivity index (χ1v) is 7.65. The number of benzene rings is 1. The maximum atomic E-state index is 4.24. The van der Waals surface area contributed by atoms with Crippen LogP contribution in [0.3, 0.4) is 0 Å². The minimum Gasteiger partial charge on any atom is -0.310 e. The molecular weight excluding hydrogens is 246 g/mol. The first-order valence-electron chi connectivity index (χ1n) is 7.65. The highest BCUT2D eigenvalue weighted by molar-refractivity contribution is 5.33. The molecule has 2 aromatic rings. The van der Waals surface area contributed by atoms with Crippen LogP contribution in [0, 0.1) is 5.92 Å². The van der Waals surface area contributed by atoms with Gasteiger partial charge in [-0.05, 0) is 49.4 Å². The molecule has 3 rings (SSSR count). The molecule has 0 radical (unpaired) electrons. The van der Waals surface area contributed by atoms with E-state index in [0.717, 1.165) is 18.2 Å². The van der Waals surface area contributed by atoms with Gasteiger partial charge in [0.15, 0.2) is 0 Å². The Morgan fingerprint density at radius 3 is 2.65 bits per heavy atom. The quantitative estimate of drug-likeness (QED) is 0.899. The van der Waals surface area contributed by atoms with Crippen molar-refractivity contribution in [3.8, 4) is 5.69 Å². The molecule has 1 aliphatic rings. The molecule has 3 heteroatoms. The smallest absolute Gasteiger partial charge is 0.0645 e. The SMILES string of the molecule is C[C@@H](NCc1ccc(-n2cccn2)cc1)C1CCCC1. The predicted molar refractivity (Wildman–Crippen MR) is 81.8 cm³/mol. The van der Waals surface area contributed by atoms with Crippen molar-refractivity contribution in [2.24, 2.45) is 5.92 Å². The third kappa shape index (κ3) is 3.10. The van der Waals surface area contributed by atoms with E-state index in [1.807, 2.05) is 16.9 Å². The lowest BCUT2D eigenvalue weighted by Crippen LogP contribution is -2.31. The number of aromatic nitrogens is 2. The largest absolute Gasteiger partial charge is 0.310 e. The highest BCUT2D eigenvalue weighted by atomic mass is 15.3. The summed E-state index contributed by atoms with van der Waals surface area (Å²) >= 11 is 0. The average molecular weight is 269 g/mol. The first-order chi connectivity index (χ1) is 9.83. The number of rotatable bonds is 5. The van der Waals surface area contributed by atoms with Crippen LogP contribution in [-0.4, -0.2) is 15.8 Å². The summed E-state index contributed by atoms with van der Waals surface area (Å²) < 4.78 is 1.89. The van der Waals surface area contributed by atoms with E-state index in [1.165, 1.54) is 31.2 Å². The Kier molecular flexibility index (Phi) is 4.16. The summed E-state index contributed by atoms with van der Waals surface area (Å²) in [5.74, 6) is 0.873. The lowest BCUT2D eigenvalue weighted by Gasteiger charge is -2.20. The fourth-order valence-corrected chi connectivity index (χ4v) is 3.09. The highest BCUT2D eigenvalue weighted by Gasteiger charge is 2.20. The molecule has 1 aromatic carbocycles. The molecule has 1 aromatic heterocycles. The zero-order valence-electron chi connectivity index (χ0n) is 12.1. The molecule has 20 heavy (non-hydrogen) atoms. The standard InChI is InChI=1S/C17H23N3/c1-14(16-5-2-3-6-16)18-13-15-7-9-17(10-8-15)20-12-4-11-19-20/h4,7-12,14,16,18H,2-3,5-6,13H2,1H3/t14-/m1/s1. The van der Waals surface area contributed by atoms with E-state index in [2.05, 4.69) is 41.6 Å². The normalized spacial score (nSPS) is 17.4. The van der Waals surface area contributed by atoms with Gasteiger partial charge in [0, 0.05) is 25.0 Å². The van der Waals surface area contributed by atoms with Crippen LogP contribution >= 0.6 is 0 Å². The van der Waals surface area contributed by atoms with E-state index < -0.39 is 0 Å². The fraction of sp³-hybridized carbons (Fsp3) is 0.471. The molecular formula is C17H23N3. The van der Waals surface area contributed by atoms with Gasteiger partial charge in [0.05, 0.1) is 5.69 Å². The molecule has 0 aliphatic heterocycles. The number of hydrogen-bond acceptors (Lipinski definition) is 2.